The normalized spacial score (nSPS) is 9.70. The molecule has 0 fully saturated rings. The van der Waals surface area contributed by atoms with E-state index in [1.54, 1.807) is 18.2 Å². The topological polar surface area (TPSA) is 52.3 Å². The van der Waals surface area contributed by atoms with Gasteiger partial charge in [-0.25, -0.2) is 4.79 Å². The van der Waals surface area contributed by atoms with Crippen molar-refractivity contribution in [2.24, 2.45) is 5.73 Å². The molecule has 0 bridgehead atoms. The Morgan fingerprint density at radius 3 is 2.35 bits per heavy atom. The molecule has 0 atom stereocenters. The number of ether oxygens (including phenoxy) is 1. The minimum Gasteiger partial charge on any atom is -0.423 e. The summed E-state index contributed by atoms with van der Waals surface area (Å²) in [6.07, 6.45) is 0.825. The van der Waals surface area contributed by atoms with Crippen molar-refractivity contribution in [3.05, 3.63) is 65.2 Å². The highest BCUT2D eigenvalue weighted by atomic mass is 35.5. The molecule has 0 aliphatic rings. The Morgan fingerprint density at radius 1 is 1.10 bits per heavy atom. The quantitative estimate of drug-likeness (QED) is 0.695. The van der Waals surface area contributed by atoms with Gasteiger partial charge < -0.3 is 10.5 Å². The van der Waals surface area contributed by atoms with Gasteiger partial charge in [0.25, 0.3) is 0 Å². The lowest BCUT2D eigenvalue weighted by Crippen LogP contribution is -2.10. The van der Waals surface area contributed by atoms with Gasteiger partial charge in [0.05, 0.1) is 5.56 Å². The highest BCUT2D eigenvalue weighted by Gasteiger charge is 2.10. The summed E-state index contributed by atoms with van der Waals surface area (Å²) in [5.41, 5.74) is 8.12. The largest absolute Gasteiger partial charge is 0.423 e. The molecule has 2 aromatic carbocycles. The van der Waals surface area contributed by atoms with Crippen molar-refractivity contribution in [2.45, 2.75) is 13.3 Å². The van der Waals surface area contributed by atoms with E-state index < -0.39 is 0 Å². The summed E-state index contributed by atoms with van der Waals surface area (Å²) in [4.78, 5) is 12.0. The van der Waals surface area contributed by atoms with E-state index in [1.165, 1.54) is 0 Å². The highest BCUT2D eigenvalue weighted by molar-refractivity contribution is 5.92. The van der Waals surface area contributed by atoms with Gasteiger partial charge in [-0.15, -0.1) is 12.4 Å². The molecule has 2 N–H and O–H groups in total. The van der Waals surface area contributed by atoms with Crippen molar-refractivity contribution in [3.63, 3.8) is 0 Å². The van der Waals surface area contributed by atoms with Crippen LogP contribution in [-0.4, -0.2) is 12.5 Å². The van der Waals surface area contributed by atoms with Gasteiger partial charge in [-0.2, -0.15) is 0 Å². The van der Waals surface area contributed by atoms with Crippen LogP contribution in [0.1, 0.15) is 21.5 Å². The summed E-state index contributed by atoms with van der Waals surface area (Å²) in [6.45, 7) is 2.50. The van der Waals surface area contributed by atoms with Gasteiger partial charge >= 0.3 is 5.97 Å². The van der Waals surface area contributed by atoms with Gasteiger partial charge in [0.2, 0.25) is 0 Å². The number of carbonyl (C=O) groups excluding carboxylic acids is 1. The fourth-order valence-corrected chi connectivity index (χ4v) is 1.85. The number of hydrogen-bond donors (Lipinski definition) is 1. The smallest absolute Gasteiger partial charge is 0.343 e. The van der Waals surface area contributed by atoms with Crippen LogP contribution < -0.4 is 10.5 Å². The van der Waals surface area contributed by atoms with E-state index in [0.29, 0.717) is 17.9 Å². The number of esters is 1. The molecular formula is C16H18ClNO2. The van der Waals surface area contributed by atoms with Crippen LogP contribution in [0.15, 0.2) is 48.5 Å². The molecule has 106 valence electrons. The maximum Gasteiger partial charge on any atom is 0.343 e. The van der Waals surface area contributed by atoms with Gasteiger partial charge in [0, 0.05) is 0 Å². The summed E-state index contributed by atoms with van der Waals surface area (Å²) in [7, 11) is 0. The van der Waals surface area contributed by atoms with E-state index in [4.69, 9.17) is 10.5 Å². The number of nitrogens with two attached hydrogens (primary N) is 1. The minimum absolute atomic E-state index is 0. The Kier molecular flexibility index (Phi) is 6.22. The number of rotatable bonds is 4. The fourth-order valence-electron chi connectivity index (χ4n) is 1.85. The first-order chi connectivity index (χ1) is 9.20. The minimum atomic E-state index is -0.329. The molecule has 0 amide bonds. The molecule has 2 aromatic rings. The summed E-state index contributed by atoms with van der Waals surface area (Å²) < 4.78 is 5.34. The first kappa shape index (κ1) is 16.2. The van der Waals surface area contributed by atoms with Crippen LogP contribution >= 0.6 is 12.4 Å². The van der Waals surface area contributed by atoms with E-state index in [-0.39, 0.29) is 18.4 Å². The van der Waals surface area contributed by atoms with Crippen molar-refractivity contribution in [3.8, 4) is 5.75 Å². The molecule has 0 saturated carbocycles. The summed E-state index contributed by atoms with van der Waals surface area (Å²) >= 11 is 0. The molecule has 0 radical (unpaired) electrons. The second kappa shape index (κ2) is 7.68. The summed E-state index contributed by atoms with van der Waals surface area (Å²) in [5.74, 6) is 0.221. The Hall–Kier alpha value is -1.84. The molecular weight excluding hydrogens is 274 g/mol. The molecule has 3 nitrogen and oxygen atoms in total. The average Bonchev–Trinajstić information content (AvgIpc) is 2.42. The van der Waals surface area contributed by atoms with E-state index in [0.717, 1.165) is 17.5 Å². The summed E-state index contributed by atoms with van der Waals surface area (Å²) in [5, 5.41) is 0. The van der Waals surface area contributed by atoms with Crippen LogP contribution in [0.3, 0.4) is 0 Å². The molecule has 0 heterocycles. The Labute approximate surface area is 125 Å². The van der Waals surface area contributed by atoms with E-state index in [9.17, 15) is 4.79 Å². The standard InChI is InChI=1S/C16H17NO2.ClH/c1-12-4-2-3-5-15(12)16(18)19-14-8-6-13(7-9-14)10-11-17;/h2-9H,10-11,17H2,1H3;1H. The van der Waals surface area contributed by atoms with E-state index in [2.05, 4.69) is 0 Å². The molecule has 0 aliphatic carbocycles. The number of carbonyl (C=O) groups is 1. The molecule has 0 spiro atoms. The van der Waals surface area contributed by atoms with Crippen LogP contribution in [0.25, 0.3) is 0 Å². The zero-order valence-electron chi connectivity index (χ0n) is 11.3. The summed E-state index contributed by atoms with van der Waals surface area (Å²) in [6, 6.07) is 14.8. The lowest BCUT2D eigenvalue weighted by Gasteiger charge is -2.07. The average molecular weight is 292 g/mol. The first-order valence-electron chi connectivity index (χ1n) is 6.27. The van der Waals surface area contributed by atoms with Crippen molar-refractivity contribution < 1.29 is 9.53 Å². The second-order valence-electron chi connectivity index (χ2n) is 4.39. The molecule has 0 aliphatic heterocycles. The second-order valence-corrected chi connectivity index (χ2v) is 4.39. The number of halogens is 1. The molecule has 0 saturated heterocycles. The molecule has 0 aromatic heterocycles. The van der Waals surface area contributed by atoms with Gasteiger partial charge in [0.1, 0.15) is 5.75 Å². The van der Waals surface area contributed by atoms with Crippen LogP contribution in [0.4, 0.5) is 0 Å². The maximum absolute atomic E-state index is 12.0. The number of benzene rings is 2. The Balaban J connectivity index is 0.00000200. The number of aryl methyl sites for hydroxylation is 1. The fraction of sp³-hybridized carbons (Fsp3) is 0.188. The van der Waals surface area contributed by atoms with Crippen molar-refractivity contribution >= 4 is 18.4 Å². The van der Waals surface area contributed by atoms with Crippen LogP contribution in [0.2, 0.25) is 0 Å². The van der Waals surface area contributed by atoms with Gasteiger partial charge in [-0.3, -0.25) is 0 Å². The van der Waals surface area contributed by atoms with Crippen LogP contribution in [0.5, 0.6) is 5.75 Å². The lowest BCUT2D eigenvalue weighted by atomic mass is 10.1. The number of hydrogen-bond acceptors (Lipinski definition) is 3. The predicted molar refractivity (Wildman–Crippen MR) is 82.6 cm³/mol. The van der Waals surface area contributed by atoms with Crippen molar-refractivity contribution in [1.29, 1.82) is 0 Å². The molecule has 20 heavy (non-hydrogen) atoms. The molecule has 2 rings (SSSR count). The predicted octanol–water partition coefficient (Wildman–Crippen LogP) is 3.14. The highest BCUT2D eigenvalue weighted by Crippen LogP contribution is 2.16. The third-order valence-corrected chi connectivity index (χ3v) is 2.93. The van der Waals surface area contributed by atoms with Crippen LogP contribution in [0, 0.1) is 6.92 Å². The maximum atomic E-state index is 12.0. The van der Waals surface area contributed by atoms with E-state index in [1.807, 2.05) is 37.3 Å². The molecule has 0 unspecified atom stereocenters. The Morgan fingerprint density at radius 2 is 1.75 bits per heavy atom. The van der Waals surface area contributed by atoms with Crippen molar-refractivity contribution in [1.82, 2.24) is 0 Å². The van der Waals surface area contributed by atoms with Gasteiger partial charge in [0.15, 0.2) is 0 Å². The molecule has 4 heteroatoms. The van der Waals surface area contributed by atoms with Crippen LogP contribution in [-0.2, 0) is 6.42 Å². The van der Waals surface area contributed by atoms with E-state index >= 15 is 0 Å². The van der Waals surface area contributed by atoms with Crippen molar-refractivity contribution in [2.75, 3.05) is 6.54 Å². The lowest BCUT2D eigenvalue weighted by molar-refractivity contribution is 0.0734. The Bertz CT molecular complexity index is 567. The third-order valence-electron chi connectivity index (χ3n) is 2.93. The van der Waals surface area contributed by atoms with Gasteiger partial charge in [-0.1, -0.05) is 30.3 Å². The third kappa shape index (κ3) is 4.08. The first-order valence-corrected chi connectivity index (χ1v) is 6.27. The SMILES string of the molecule is Cc1ccccc1C(=O)Oc1ccc(CCN)cc1.Cl. The van der Waals surface area contributed by atoms with Gasteiger partial charge in [-0.05, 0) is 49.2 Å². The zero-order valence-corrected chi connectivity index (χ0v) is 12.2. The monoisotopic (exact) mass is 291 g/mol. The zero-order chi connectivity index (χ0) is 13.7.